The molecule has 1 spiro atoms. The Balaban J connectivity index is 1.56. The maximum atomic E-state index is 13.0. The van der Waals surface area contributed by atoms with Crippen molar-refractivity contribution in [2.24, 2.45) is 0 Å². The van der Waals surface area contributed by atoms with Gasteiger partial charge in [0.2, 0.25) is 11.9 Å². The topological polar surface area (TPSA) is 76.6 Å². The van der Waals surface area contributed by atoms with Gasteiger partial charge in [-0.15, -0.1) is 0 Å². The van der Waals surface area contributed by atoms with E-state index in [-0.39, 0.29) is 24.2 Å². The molecular weight excluding hydrogens is 315 g/mol. The monoisotopic (exact) mass is 338 g/mol. The fraction of sp³-hybridized carbons (Fsp3) is 0.688. The van der Waals surface area contributed by atoms with E-state index in [9.17, 15) is 9.18 Å². The van der Waals surface area contributed by atoms with Crippen molar-refractivity contribution in [3.8, 4) is 0 Å². The number of anilines is 1. The molecule has 0 aromatic carbocycles. The zero-order chi connectivity index (χ0) is 17.0. The molecule has 0 aliphatic carbocycles. The third-order valence-corrected chi connectivity index (χ3v) is 4.58. The lowest BCUT2D eigenvalue weighted by molar-refractivity contribution is -0.131. The van der Waals surface area contributed by atoms with Crippen LogP contribution in [0.15, 0.2) is 12.4 Å². The largest absolute Gasteiger partial charge is 0.375 e. The van der Waals surface area contributed by atoms with Crippen molar-refractivity contribution >= 4 is 11.9 Å². The highest BCUT2D eigenvalue weighted by atomic mass is 19.1. The molecule has 2 saturated heterocycles. The molecule has 24 heavy (non-hydrogen) atoms. The van der Waals surface area contributed by atoms with Gasteiger partial charge in [-0.3, -0.25) is 4.79 Å². The van der Waals surface area contributed by atoms with Gasteiger partial charge in [0, 0.05) is 26.7 Å². The number of halogens is 1. The molecule has 2 aliphatic heterocycles. The van der Waals surface area contributed by atoms with Gasteiger partial charge in [0.15, 0.2) is 5.82 Å². The van der Waals surface area contributed by atoms with Crippen molar-refractivity contribution in [2.45, 2.75) is 37.4 Å². The Bertz CT molecular complexity index is 571. The average molecular weight is 338 g/mol. The maximum Gasteiger partial charge on any atom is 0.246 e. The molecule has 1 aromatic rings. The Hall–Kier alpha value is -1.80. The number of carbonyl (C=O) groups excluding carboxylic acids is 1. The molecule has 2 aliphatic rings. The highest BCUT2D eigenvalue weighted by Crippen LogP contribution is 2.37. The fourth-order valence-electron chi connectivity index (χ4n) is 3.46. The summed E-state index contributed by atoms with van der Waals surface area (Å²) >= 11 is 0. The van der Waals surface area contributed by atoms with Crippen molar-refractivity contribution in [3.63, 3.8) is 0 Å². The van der Waals surface area contributed by atoms with Crippen LogP contribution in [0.4, 0.5) is 10.3 Å². The Morgan fingerprint density at radius 1 is 1.50 bits per heavy atom. The molecule has 3 heterocycles. The third kappa shape index (κ3) is 3.99. The molecule has 7 nitrogen and oxygen atoms in total. The lowest BCUT2D eigenvalue weighted by Gasteiger charge is -2.38. The van der Waals surface area contributed by atoms with Crippen LogP contribution in [0.2, 0.25) is 0 Å². The Morgan fingerprint density at radius 3 is 3.04 bits per heavy atom. The zero-order valence-electron chi connectivity index (χ0n) is 13.8. The Morgan fingerprint density at radius 2 is 2.29 bits per heavy atom. The summed E-state index contributed by atoms with van der Waals surface area (Å²) in [6.45, 7) is 2.04. The summed E-state index contributed by atoms with van der Waals surface area (Å²) in [7, 11) is 1.50. The van der Waals surface area contributed by atoms with E-state index in [2.05, 4.69) is 15.3 Å². The van der Waals surface area contributed by atoms with Crippen LogP contribution in [0.25, 0.3) is 0 Å². The van der Waals surface area contributed by atoms with Crippen LogP contribution in [0, 0.1) is 5.82 Å². The van der Waals surface area contributed by atoms with Crippen molar-refractivity contribution in [3.05, 3.63) is 18.2 Å². The molecule has 1 aromatic heterocycles. The minimum atomic E-state index is -0.437. The molecule has 0 saturated carbocycles. The first-order chi connectivity index (χ1) is 11.6. The zero-order valence-corrected chi connectivity index (χ0v) is 13.8. The molecule has 1 N–H and O–H groups in total. The second-order valence-corrected chi connectivity index (χ2v) is 6.43. The minimum absolute atomic E-state index is 0.00800. The number of nitrogens with zero attached hydrogens (tertiary/aromatic N) is 3. The second-order valence-electron chi connectivity index (χ2n) is 6.43. The number of ether oxygens (including phenoxy) is 2. The van der Waals surface area contributed by atoms with E-state index in [1.165, 1.54) is 19.5 Å². The second kappa shape index (κ2) is 7.40. The number of hydrogen-bond donors (Lipinski definition) is 1. The van der Waals surface area contributed by atoms with Crippen LogP contribution in [0.5, 0.6) is 0 Å². The number of hydrogen-bond acceptors (Lipinski definition) is 6. The van der Waals surface area contributed by atoms with Gasteiger partial charge >= 0.3 is 0 Å². The molecule has 132 valence electrons. The van der Waals surface area contributed by atoms with E-state index in [0.717, 1.165) is 32.2 Å². The van der Waals surface area contributed by atoms with Gasteiger partial charge in [-0.2, -0.15) is 0 Å². The summed E-state index contributed by atoms with van der Waals surface area (Å²) in [6, 6.07) is 0. The molecule has 1 amide bonds. The van der Waals surface area contributed by atoms with Crippen molar-refractivity contribution in [1.29, 1.82) is 0 Å². The fourth-order valence-corrected chi connectivity index (χ4v) is 3.46. The number of amides is 1. The highest BCUT2D eigenvalue weighted by molar-refractivity contribution is 5.77. The van der Waals surface area contributed by atoms with Gasteiger partial charge in [-0.25, -0.2) is 14.4 Å². The number of carbonyl (C=O) groups is 1. The minimum Gasteiger partial charge on any atom is -0.375 e. The molecular formula is C16H23FN4O3. The van der Waals surface area contributed by atoms with Crippen molar-refractivity contribution < 1.29 is 18.7 Å². The van der Waals surface area contributed by atoms with E-state index in [1.54, 1.807) is 0 Å². The summed E-state index contributed by atoms with van der Waals surface area (Å²) in [5, 5.41) is 2.84. The van der Waals surface area contributed by atoms with Gasteiger partial charge in [-0.1, -0.05) is 0 Å². The Kier molecular flexibility index (Phi) is 5.25. The van der Waals surface area contributed by atoms with E-state index in [0.29, 0.717) is 19.0 Å². The standard InChI is InChI=1S/C16H23FN4O3/c1-23-10-14(22)18-9-13-3-2-4-16(24-13)5-6-21(11-16)15-19-7-12(17)8-20-15/h7-8,13H,2-6,9-11H2,1H3,(H,18,22)/t13-,16-/m0/s1. The third-order valence-electron chi connectivity index (χ3n) is 4.58. The molecule has 2 atom stereocenters. The van der Waals surface area contributed by atoms with Crippen LogP contribution in [-0.4, -0.2) is 60.9 Å². The summed E-state index contributed by atoms with van der Waals surface area (Å²) < 4.78 is 24.1. The first-order valence-corrected chi connectivity index (χ1v) is 8.26. The number of rotatable bonds is 5. The summed E-state index contributed by atoms with van der Waals surface area (Å²) in [5.74, 6) is -0.0330. The van der Waals surface area contributed by atoms with Crippen LogP contribution >= 0.6 is 0 Å². The maximum absolute atomic E-state index is 13.0. The summed E-state index contributed by atoms with van der Waals surface area (Å²) in [4.78, 5) is 21.7. The molecule has 8 heteroatoms. The Labute approximate surface area is 140 Å². The number of aromatic nitrogens is 2. The van der Waals surface area contributed by atoms with E-state index >= 15 is 0 Å². The van der Waals surface area contributed by atoms with Crippen molar-refractivity contribution in [1.82, 2.24) is 15.3 Å². The van der Waals surface area contributed by atoms with E-state index < -0.39 is 5.82 Å². The van der Waals surface area contributed by atoms with E-state index in [4.69, 9.17) is 9.47 Å². The lowest BCUT2D eigenvalue weighted by atomic mass is 9.90. The molecule has 2 fully saturated rings. The number of methoxy groups -OCH3 is 1. The predicted octanol–water partition coefficient (Wildman–Crippen LogP) is 0.896. The van der Waals surface area contributed by atoms with Crippen LogP contribution < -0.4 is 10.2 Å². The smallest absolute Gasteiger partial charge is 0.246 e. The summed E-state index contributed by atoms with van der Waals surface area (Å²) in [6.07, 6.45) is 6.23. The first kappa shape index (κ1) is 17.0. The molecule has 0 radical (unpaired) electrons. The number of nitrogens with one attached hydrogen (secondary N) is 1. The van der Waals surface area contributed by atoms with Gasteiger partial charge in [-0.05, 0) is 25.7 Å². The normalized spacial score (nSPS) is 26.8. The van der Waals surface area contributed by atoms with Gasteiger partial charge < -0.3 is 19.7 Å². The van der Waals surface area contributed by atoms with Gasteiger partial charge in [0.05, 0.1) is 24.1 Å². The molecule has 0 unspecified atom stereocenters. The molecule has 3 rings (SSSR count). The predicted molar refractivity (Wildman–Crippen MR) is 85.2 cm³/mol. The van der Waals surface area contributed by atoms with Crippen molar-refractivity contribution in [2.75, 3.05) is 38.3 Å². The van der Waals surface area contributed by atoms with Crippen LogP contribution in [0.1, 0.15) is 25.7 Å². The summed E-state index contributed by atoms with van der Waals surface area (Å²) in [5.41, 5.74) is -0.230. The SMILES string of the molecule is COCC(=O)NC[C@@H]1CCC[C@@]2(CCN(c3ncc(F)cn3)C2)O1. The highest BCUT2D eigenvalue weighted by Gasteiger charge is 2.43. The van der Waals surface area contributed by atoms with Crippen LogP contribution in [-0.2, 0) is 14.3 Å². The molecule has 0 bridgehead atoms. The lowest BCUT2D eigenvalue weighted by Crippen LogP contribution is -2.47. The van der Waals surface area contributed by atoms with Crippen LogP contribution in [0.3, 0.4) is 0 Å². The van der Waals surface area contributed by atoms with Gasteiger partial charge in [0.25, 0.3) is 0 Å². The van der Waals surface area contributed by atoms with Gasteiger partial charge in [0.1, 0.15) is 6.61 Å². The average Bonchev–Trinajstić information content (AvgIpc) is 2.97. The first-order valence-electron chi connectivity index (χ1n) is 8.26. The quantitative estimate of drug-likeness (QED) is 0.859. The van der Waals surface area contributed by atoms with E-state index in [1.807, 2.05) is 4.90 Å².